The fourth-order valence-corrected chi connectivity index (χ4v) is 5.07. The van der Waals surface area contributed by atoms with Gasteiger partial charge >= 0.3 is 12.1 Å². The van der Waals surface area contributed by atoms with Crippen LogP contribution in [0.2, 0.25) is 0 Å². The number of hydrogen-bond acceptors (Lipinski definition) is 2. The third-order valence-electron chi connectivity index (χ3n) is 6.63. The van der Waals surface area contributed by atoms with Gasteiger partial charge in [0.15, 0.2) is 0 Å². The van der Waals surface area contributed by atoms with Crippen LogP contribution in [0.15, 0.2) is 24.3 Å². The number of alkyl halides is 4. The highest BCUT2D eigenvalue weighted by molar-refractivity contribution is 5.87. The number of likely N-dealkylation sites (tertiary alicyclic amines) is 2. The summed E-state index contributed by atoms with van der Waals surface area (Å²) < 4.78 is 52.8. The van der Waals surface area contributed by atoms with E-state index in [4.69, 9.17) is 0 Å². The number of halogens is 4. The number of quaternary nitrogens is 1. The number of benzene rings is 1. The molecule has 7 heteroatoms. The van der Waals surface area contributed by atoms with Gasteiger partial charge in [0.2, 0.25) is 0 Å². The van der Waals surface area contributed by atoms with Crippen molar-refractivity contribution in [2.75, 3.05) is 26.2 Å². The Hall–Kier alpha value is -1.47. The monoisotopic (exact) mass is 401 g/mol. The van der Waals surface area contributed by atoms with Gasteiger partial charge in [-0.25, -0.2) is 13.7 Å². The highest BCUT2D eigenvalue weighted by atomic mass is 19.4. The SMILES string of the molecule is CC(=O)[N+]1(c2ccc(C(F)(F)F)cc2)CCCC(C)(C)C1CN1CCC(F)C1. The number of nitrogens with zero attached hydrogens (tertiary/aromatic N) is 2. The predicted molar refractivity (Wildman–Crippen MR) is 102 cm³/mol. The molecule has 0 spiro atoms. The van der Waals surface area contributed by atoms with E-state index in [9.17, 15) is 22.4 Å². The lowest BCUT2D eigenvalue weighted by molar-refractivity contribution is -0.137. The van der Waals surface area contributed by atoms with E-state index < -0.39 is 17.9 Å². The zero-order valence-electron chi connectivity index (χ0n) is 16.7. The molecule has 0 radical (unpaired) electrons. The van der Waals surface area contributed by atoms with Gasteiger partial charge in [0, 0.05) is 30.6 Å². The average Bonchev–Trinajstić information content (AvgIpc) is 3.01. The van der Waals surface area contributed by atoms with E-state index in [1.165, 1.54) is 19.1 Å². The lowest BCUT2D eigenvalue weighted by atomic mass is 9.74. The zero-order valence-corrected chi connectivity index (χ0v) is 16.7. The van der Waals surface area contributed by atoms with E-state index in [1.54, 1.807) is 0 Å². The molecule has 2 aliphatic heterocycles. The number of carbonyl (C=O) groups is 1. The van der Waals surface area contributed by atoms with Gasteiger partial charge in [0.25, 0.3) is 0 Å². The number of piperidine rings is 1. The zero-order chi connectivity index (χ0) is 20.7. The first kappa shape index (κ1) is 21.2. The maximum atomic E-state index is 13.7. The standard InChI is InChI=1S/C21H29F4N2O/c1-15(28)27(18-7-5-16(6-8-18)21(23,24)25)12-4-10-20(2,3)19(27)14-26-11-9-17(22)13-26/h5-8,17,19H,4,9-14H2,1-3H3/q+1. The van der Waals surface area contributed by atoms with Gasteiger partial charge in [0.1, 0.15) is 17.9 Å². The fraction of sp³-hybridized carbons (Fsp3) is 0.667. The van der Waals surface area contributed by atoms with Crippen LogP contribution in [0.25, 0.3) is 0 Å². The van der Waals surface area contributed by atoms with Gasteiger partial charge in [-0.2, -0.15) is 13.2 Å². The first-order chi connectivity index (χ1) is 13.0. The summed E-state index contributed by atoms with van der Waals surface area (Å²) >= 11 is 0. The Morgan fingerprint density at radius 1 is 1.25 bits per heavy atom. The molecule has 3 atom stereocenters. The molecule has 1 amide bonds. The van der Waals surface area contributed by atoms with Crippen LogP contribution in [0.3, 0.4) is 0 Å². The summed E-state index contributed by atoms with van der Waals surface area (Å²) in [5.74, 6) is -0.0754. The Labute approximate surface area is 163 Å². The van der Waals surface area contributed by atoms with Crippen LogP contribution in [-0.2, 0) is 11.0 Å². The largest absolute Gasteiger partial charge is 0.416 e. The third kappa shape index (κ3) is 3.83. The van der Waals surface area contributed by atoms with Gasteiger partial charge in [-0.15, -0.1) is 0 Å². The minimum atomic E-state index is -4.41. The number of carbonyl (C=O) groups excluding carboxylic acids is 1. The maximum Gasteiger partial charge on any atom is 0.416 e. The van der Waals surface area contributed by atoms with Crippen LogP contribution in [0.4, 0.5) is 23.2 Å². The van der Waals surface area contributed by atoms with Crippen molar-refractivity contribution in [2.24, 2.45) is 5.41 Å². The van der Waals surface area contributed by atoms with Crippen molar-refractivity contribution in [1.82, 2.24) is 9.38 Å². The van der Waals surface area contributed by atoms with E-state index in [0.29, 0.717) is 38.3 Å². The first-order valence-electron chi connectivity index (χ1n) is 9.90. The van der Waals surface area contributed by atoms with Gasteiger partial charge in [-0.05, 0) is 31.4 Å². The average molecular weight is 401 g/mol. The van der Waals surface area contributed by atoms with E-state index in [0.717, 1.165) is 25.0 Å². The molecule has 0 aliphatic carbocycles. The quantitative estimate of drug-likeness (QED) is 0.536. The van der Waals surface area contributed by atoms with Crippen molar-refractivity contribution >= 4 is 11.6 Å². The van der Waals surface area contributed by atoms with Crippen molar-refractivity contribution < 1.29 is 22.4 Å². The van der Waals surface area contributed by atoms with E-state index in [1.807, 2.05) is 0 Å². The Bertz CT molecular complexity index is 716. The topological polar surface area (TPSA) is 20.3 Å². The summed E-state index contributed by atoms with van der Waals surface area (Å²) in [4.78, 5) is 15.1. The Morgan fingerprint density at radius 3 is 2.39 bits per heavy atom. The van der Waals surface area contributed by atoms with Crippen LogP contribution in [-0.4, -0.2) is 49.2 Å². The second kappa shape index (κ2) is 7.41. The van der Waals surface area contributed by atoms with Crippen LogP contribution >= 0.6 is 0 Å². The summed E-state index contributed by atoms with van der Waals surface area (Å²) in [7, 11) is 0. The smallest absolute Gasteiger partial charge is 0.294 e. The van der Waals surface area contributed by atoms with Crippen LogP contribution in [0, 0.1) is 5.41 Å². The highest BCUT2D eigenvalue weighted by Crippen LogP contribution is 2.44. The third-order valence-corrected chi connectivity index (χ3v) is 6.63. The Kier molecular flexibility index (Phi) is 5.62. The molecule has 2 fully saturated rings. The highest BCUT2D eigenvalue weighted by Gasteiger charge is 2.54. The first-order valence-corrected chi connectivity index (χ1v) is 9.90. The number of hydrogen-bond donors (Lipinski definition) is 0. The van der Waals surface area contributed by atoms with Crippen molar-refractivity contribution in [3.63, 3.8) is 0 Å². The molecule has 3 nitrogen and oxygen atoms in total. The Morgan fingerprint density at radius 2 is 1.89 bits per heavy atom. The summed E-state index contributed by atoms with van der Waals surface area (Å²) in [6.07, 6.45) is -3.02. The van der Waals surface area contributed by atoms with Crippen LogP contribution in [0.5, 0.6) is 0 Å². The van der Waals surface area contributed by atoms with Gasteiger partial charge < -0.3 is 0 Å². The second-order valence-corrected chi connectivity index (χ2v) is 8.91. The van der Waals surface area contributed by atoms with Gasteiger partial charge in [-0.3, -0.25) is 4.90 Å². The predicted octanol–water partition coefficient (Wildman–Crippen LogP) is 4.79. The summed E-state index contributed by atoms with van der Waals surface area (Å²) in [6, 6.07) is 4.87. The summed E-state index contributed by atoms with van der Waals surface area (Å²) in [5, 5.41) is 0. The minimum absolute atomic E-state index is 0.0264. The lowest BCUT2D eigenvalue weighted by Gasteiger charge is -2.52. The molecular formula is C21H29F4N2O+. The van der Waals surface area contributed by atoms with E-state index in [-0.39, 0.29) is 21.8 Å². The van der Waals surface area contributed by atoms with Crippen LogP contribution in [0.1, 0.15) is 45.6 Å². The van der Waals surface area contributed by atoms with Crippen molar-refractivity contribution in [1.29, 1.82) is 0 Å². The second-order valence-electron chi connectivity index (χ2n) is 8.91. The maximum absolute atomic E-state index is 13.7. The summed E-state index contributed by atoms with van der Waals surface area (Å²) in [5.41, 5.74) is -0.319. The molecule has 2 saturated heterocycles. The van der Waals surface area contributed by atoms with E-state index in [2.05, 4.69) is 18.7 Å². The normalized spacial score (nSPS) is 31.1. The number of amides is 1. The molecule has 0 aromatic heterocycles. The molecule has 0 bridgehead atoms. The lowest BCUT2D eigenvalue weighted by Crippen LogP contribution is -2.70. The molecule has 3 unspecified atom stereocenters. The molecule has 0 saturated carbocycles. The van der Waals surface area contributed by atoms with Crippen molar-refractivity contribution in [2.45, 2.75) is 58.4 Å². The van der Waals surface area contributed by atoms with Gasteiger partial charge in [0.05, 0.1) is 25.6 Å². The molecular weight excluding hydrogens is 372 g/mol. The van der Waals surface area contributed by atoms with E-state index >= 15 is 0 Å². The van der Waals surface area contributed by atoms with Crippen molar-refractivity contribution in [3.8, 4) is 0 Å². The van der Waals surface area contributed by atoms with Gasteiger partial charge in [-0.1, -0.05) is 13.8 Å². The molecule has 2 aliphatic rings. The summed E-state index contributed by atoms with van der Waals surface area (Å²) in [6.45, 7) is 7.87. The molecule has 28 heavy (non-hydrogen) atoms. The molecule has 1 aromatic rings. The van der Waals surface area contributed by atoms with Crippen molar-refractivity contribution in [3.05, 3.63) is 29.8 Å². The Balaban J connectivity index is 2.02. The molecule has 1 aromatic carbocycles. The molecule has 2 heterocycles. The minimum Gasteiger partial charge on any atom is -0.294 e. The molecule has 0 N–H and O–H groups in total. The number of rotatable bonds is 3. The fourth-order valence-electron chi connectivity index (χ4n) is 5.07. The van der Waals surface area contributed by atoms with Crippen LogP contribution < -0.4 is 4.48 Å². The molecule has 156 valence electrons. The molecule has 3 rings (SSSR count).